The van der Waals surface area contributed by atoms with E-state index in [9.17, 15) is 0 Å². The van der Waals surface area contributed by atoms with Crippen LogP contribution in [0.4, 0.5) is 0 Å². The lowest BCUT2D eigenvalue weighted by Gasteiger charge is -2.10. The van der Waals surface area contributed by atoms with E-state index in [1.807, 2.05) is 24.0 Å². The van der Waals surface area contributed by atoms with Crippen molar-refractivity contribution in [2.45, 2.75) is 19.3 Å². The van der Waals surface area contributed by atoms with Crippen molar-refractivity contribution in [1.82, 2.24) is 9.78 Å². The number of aryl methyl sites for hydroxylation is 1. The zero-order chi connectivity index (χ0) is 8.60. The Morgan fingerprint density at radius 3 is 2.83 bits per heavy atom. The summed E-state index contributed by atoms with van der Waals surface area (Å²) < 4.78 is 1.88. The molecule has 0 aromatic carbocycles. The minimum Gasteiger partial charge on any atom is -0.396 e. The first kappa shape index (κ1) is 7.80. The molecule has 1 saturated carbocycles. The molecule has 66 valence electrons. The van der Waals surface area contributed by atoms with E-state index in [0.29, 0.717) is 6.61 Å². The molecule has 3 nitrogen and oxygen atoms in total. The highest BCUT2D eigenvalue weighted by Gasteiger charge is 2.42. The first-order valence-corrected chi connectivity index (χ1v) is 4.34. The van der Waals surface area contributed by atoms with Crippen LogP contribution in [-0.2, 0) is 13.5 Å². The van der Waals surface area contributed by atoms with Gasteiger partial charge in [0.25, 0.3) is 0 Å². The van der Waals surface area contributed by atoms with Gasteiger partial charge >= 0.3 is 0 Å². The molecular weight excluding hydrogens is 152 g/mol. The van der Waals surface area contributed by atoms with Gasteiger partial charge in [0.05, 0.1) is 0 Å². The van der Waals surface area contributed by atoms with Crippen LogP contribution < -0.4 is 0 Å². The monoisotopic (exact) mass is 166 g/mol. The van der Waals surface area contributed by atoms with E-state index in [4.69, 9.17) is 5.11 Å². The molecule has 2 rings (SSSR count). The Hall–Kier alpha value is -0.830. The fourth-order valence-corrected chi connectivity index (χ4v) is 1.53. The number of hydrogen-bond donors (Lipinski definition) is 1. The molecule has 3 heteroatoms. The third kappa shape index (κ3) is 1.25. The van der Waals surface area contributed by atoms with Crippen LogP contribution in [0.5, 0.6) is 0 Å². The molecule has 0 radical (unpaired) electrons. The summed E-state index contributed by atoms with van der Waals surface area (Å²) >= 11 is 0. The quantitative estimate of drug-likeness (QED) is 0.719. The van der Waals surface area contributed by atoms with E-state index in [1.165, 1.54) is 5.69 Å². The minimum absolute atomic E-state index is 0.202. The maximum Gasteiger partial charge on any atom is 0.0492 e. The van der Waals surface area contributed by atoms with Crippen LogP contribution >= 0.6 is 0 Å². The summed E-state index contributed by atoms with van der Waals surface area (Å²) in [6.07, 6.45) is 5.10. The Morgan fingerprint density at radius 1 is 1.67 bits per heavy atom. The predicted octanol–water partition coefficient (Wildman–Crippen LogP) is 0.735. The summed E-state index contributed by atoms with van der Waals surface area (Å²) in [6, 6.07) is 2.02. The summed E-state index contributed by atoms with van der Waals surface area (Å²) in [5, 5.41) is 13.2. The highest BCUT2D eigenvalue weighted by atomic mass is 16.3. The van der Waals surface area contributed by atoms with Gasteiger partial charge in [-0.25, -0.2) is 0 Å². The Morgan fingerprint density at radius 2 is 2.42 bits per heavy atom. The van der Waals surface area contributed by atoms with Gasteiger partial charge in [-0.15, -0.1) is 0 Å². The van der Waals surface area contributed by atoms with Gasteiger partial charge in [0.15, 0.2) is 0 Å². The van der Waals surface area contributed by atoms with Gasteiger partial charge in [0, 0.05) is 25.5 Å². The molecule has 1 aromatic rings. The van der Waals surface area contributed by atoms with E-state index in [2.05, 4.69) is 5.10 Å². The van der Waals surface area contributed by atoms with Crippen LogP contribution in [0.2, 0.25) is 0 Å². The highest BCUT2D eigenvalue weighted by Crippen LogP contribution is 2.47. The lowest BCUT2D eigenvalue weighted by molar-refractivity contribution is 0.209. The number of hydrogen-bond acceptors (Lipinski definition) is 2. The Balaban J connectivity index is 2.08. The van der Waals surface area contributed by atoms with Crippen LogP contribution in [0.3, 0.4) is 0 Å². The Bertz CT molecular complexity index is 276. The van der Waals surface area contributed by atoms with Gasteiger partial charge in [-0.2, -0.15) is 5.10 Å². The molecule has 0 unspecified atom stereocenters. The second kappa shape index (κ2) is 2.59. The SMILES string of the molecule is Cn1nccc1CC1(CO)CC1. The number of aliphatic hydroxyl groups excluding tert-OH is 1. The van der Waals surface area contributed by atoms with Gasteiger partial charge in [-0.05, 0) is 30.7 Å². The zero-order valence-electron chi connectivity index (χ0n) is 7.32. The normalized spacial score (nSPS) is 19.5. The van der Waals surface area contributed by atoms with Crippen LogP contribution in [0.25, 0.3) is 0 Å². The molecule has 1 aliphatic carbocycles. The van der Waals surface area contributed by atoms with Crippen molar-refractivity contribution in [2.75, 3.05) is 6.61 Å². The second-order valence-electron chi connectivity index (χ2n) is 3.78. The molecule has 0 saturated heterocycles. The number of nitrogens with zero attached hydrogens (tertiary/aromatic N) is 2. The standard InChI is InChI=1S/C9H14N2O/c1-11-8(2-5-10-11)6-9(7-12)3-4-9/h2,5,12H,3-4,6-7H2,1H3. The molecule has 1 fully saturated rings. The molecular formula is C9H14N2O. The minimum atomic E-state index is 0.202. The highest BCUT2D eigenvalue weighted by molar-refractivity contribution is 5.08. The maximum atomic E-state index is 9.12. The molecule has 0 atom stereocenters. The molecule has 1 aromatic heterocycles. The molecule has 1 aliphatic rings. The summed E-state index contributed by atoms with van der Waals surface area (Å²) in [7, 11) is 1.95. The van der Waals surface area contributed by atoms with Crippen molar-refractivity contribution in [3.05, 3.63) is 18.0 Å². The average Bonchev–Trinajstić information content (AvgIpc) is 2.74. The molecule has 0 amide bonds. The van der Waals surface area contributed by atoms with Crippen molar-refractivity contribution >= 4 is 0 Å². The third-order valence-electron chi connectivity index (χ3n) is 2.77. The molecule has 0 aliphatic heterocycles. The van der Waals surface area contributed by atoms with Gasteiger partial charge in [-0.3, -0.25) is 4.68 Å². The van der Waals surface area contributed by atoms with Gasteiger partial charge in [0.2, 0.25) is 0 Å². The van der Waals surface area contributed by atoms with Crippen molar-refractivity contribution in [3.63, 3.8) is 0 Å². The fourth-order valence-electron chi connectivity index (χ4n) is 1.53. The van der Waals surface area contributed by atoms with Gasteiger partial charge in [-0.1, -0.05) is 0 Å². The third-order valence-corrected chi connectivity index (χ3v) is 2.77. The van der Waals surface area contributed by atoms with E-state index < -0.39 is 0 Å². The fraction of sp³-hybridized carbons (Fsp3) is 0.667. The number of aliphatic hydroxyl groups is 1. The van der Waals surface area contributed by atoms with Gasteiger partial charge in [0.1, 0.15) is 0 Å². The van der Waals surface area contributed by atoms with Crippen molar-refractivity contribution in [1.29, 1.82) is 0 Å². The lowest BCUT2D eigenvalue weighted by atomic mass is 10.0. The summed E-state index contributed by atoms with van der Waals surface area (Å²) in [4.78, 5) is 0. The van der Waals surface area contributed by atoms with Crippen LogP contribution in [0.15, 0.2) is 12.3 Å². The van der Waals surface area contributed by atoms with Crippen LogP contribution in [-0.4, -0.2) is 21.5 Å². The summed E-state index contributed by atoms with van der Waals surface area (Å²) in [6.45, 7) is 0.318. The number of aromatic nitrogens is 2. The molecule has 1 heterocycles. The van der Waals surface area contributed by atoms with Crippen molar-refractivity contribution in [3.8, 4) is 0 Å². The van der Waals surface area contributed by atoms with E-state index in [-0.39, 0.29) is 5.41 Å². The van der Waals surface area contributed by atoms with Crippen molar-refractivity contribution in [2.24, 2.45) is 12.5 Å². The Kier molecular flexibility index (Phi) is 1.68. The van der Waals surface area contributed by atoms with Gasteiger partial charge < -0.3 is 5.11 Å². The molecule has 0 bridgehead atoms. The molecule has 1 N–H and O–H groups in total. The largest absolute Gasteiger partial charge is 0.396 e. The molecule has 12 heavy (non-hydrogen) atoms. The topological polar surface area (TPSA) is 38.0 Å². The average molecular weight is 166 g/mol. The van der Waals surface area contributed by atoms with E-state index >= 15 is 0 Å². The van der Waals surface area contributed by atoms with E-state index in [1.54, 1.807) is 0 Å². The van der Waals surface area contributed by atoms with Crippen LogP contribution in [0, 0.1) is 5.41 Å². The first-order valence-electron chi connectivity index (χ1n) is 4.34. The summed E-state index contributed by atoms with van der Waals surface area (Å²) in [5.74, 6) is 0. The summed E-state index contributed by atoms with van der Waals surface area (Å²) in [5.41, 5.74) is 1.43. The Labute approximate surface area is 72.0 Å². The van der Waals surface area contributed by atoms with Crippen molar-refractivity contribution < 1.29 is 5.11 Å². The smallest absolute Gasteiger partial charge is 0.0492 e. The maximum absolute atomic E-state index is 9.12. The van der Waals surface area contributed by atoms with Crippen LogP contribution in [0.1, 0.15) is 18.5 Å². The zero-order valence-corrected chi connectivity index (χ0v) is 7.32. The first-order chi connectivity index (χ1) is 5.76. The predicted molar refractivity (Wildman–Crippen MR) is 45.7 cm³/mol. The number of rotatable bonds is 3. The second-order valence-corrected chi connectivity index (χ2v) is 3.78. The van der Waals surface area contributed by atoms with E-state index in [0.717, 1.165) is 19.3 Å². The lowest BCUT2D eigenvalue weighted by Crippen LogP contribution is -2.12. The molecule has 0 spiro atoms.